The van der Waals surface area contributed by atoms with Crippen LogP contribution in [0.25, 0.3) is 17.2 Å². The minimum absolute atomic E-state index is 0.0708. The maximum absolute atomic E-state index is 13.0. The molecule has 1 aromatic carbocycles. The summed E-state index contributed by atoms with van der Waals surface area (Å²) in [5.41, 5.74) is 4.24. The van der Waals surface area contributed by atoms with Crippen molar-refractivity contribution in [3.8, 4) is 11.1 Å². The maximum atomic E-state index is 13.0. The molecule has 0 radical (unpaired) electrons. The Labute approximate surface area is 219 Å². The summed E-state index contributed by atoms with van der Waals surface area (Å²) in [7, 11) is 0. The summed E-state index contributed by atoms with van der Waals surface area (Å²) in [6.45, 7) is 0. The van der Waals surface area contributed by atoms with Gasteiger partial charge >= 0.3 is 0 Å². The van der Waals surface area contributed by atoms with Gasteiger partial charge in [0, 0.05) is 41.0 Å². The highest BCUT2D eigenvalue weighted by Crippen LogP contribution is 2.30. The van der Waals surface area contributed by atoms with Crippen molar-refractivity contribution in [2.45, 2.75) is 31.7 Å². The second-order valence-corrected chi connectivity index (χ2v) is 8.89. The molecule has 0 spiro atoms. The van der Waals surface area contributed by atoms with E-state index >= 15 is 0 Å². The van der Waals surface area contributed by atoms with Gasteiger partial charge in [0.05, 0.1) is 29.3 Å². The number of halogens is 1. The molecule has 3 aromatic rings. The standard InChI is InChI=1S/C26H27ClN8O2/c27-19-6-7-24(35(29)16-32-28)18(13-19)5-8-26(37)33-21-3-1-2-4-25(36)34-23-15-30-11-10-20(23)17-9-12-31-22(21)14-17/h5-16,21H,1-4,28-29H2,(H,33,37)(H,34,36)/b8-5+,32-16-/t21-/m0/s1. The summed E-state index contributed by atoms with van der Waals surface area (Å²) >= 11 is 6.15. The van der Waals surface area contributed by atoms with Crippen molar-refractivity contribution in [3.05, 3.63) is 77.3 Å². The van der Waals surface area contributed by atoms with E-state index in [4.69, 9.17) is 23.3 Å². The number of carbonyl (C=O) groups is 2. The summed E-state index contributed by atoms with van der Waals surface area (Å²) in [5, 5.41) is 11.1. The number of carbonyl (C=O) groups excluding carboxylic acids is 2. The van der Waals surface area contributed by atoms with E-state index in [0.29, 0.717) is 41.2 Å². The number of aromatic nitrogens is 2. The molecule has 37 heavy (non-hydrogen) atoms. The lowest BCUT2D eigenvalue weighted by atomic mass is 9.99. The quantitative estimate of drug-likeness (QED) is 0.132. The van der Waals surface area contributed by atoms with Gasteiger partial charge in [-0.25, -0.2) is 5.84 Å². The van der Waals surface area contributed by atoms with Crippen molar-refractivity contribution in [1.29, 1.82) is 0 Å². The van der Waals surface area contributed by atoms with Crippen LogP contribution in [0.5, 0.6) is 0 Å². The molecule has 1 aliphatic rings. The largest absolute Gasteiger partial charge is 0.344 e. The summed E-state index contributed by atoms with van der Waals surface area (Å²) in [5.74, 6) is 10.8. The number of anilines is 2. The number of hydrogen-bond donors (Lipinski definition) is 4. The lowest BCUT2D eigenvalue weighted by molar-refractivity contribution is -0.118. The first-order chi connectivity index (χ1) is 17.9. The molecule has 0 saturated carbocycles. The van der Waals surface area contributed by atoms with Crippen LogP contribution in [0.4, 0.5) is 11.4 Å². The third kappa shape index (κ3) is 6.69. The minimum Gasteiger partial charge on any atom is -0.344 e. The average Bonchev–Trinajstić information content (AvgIpc) is 2.89. The monoisotopic (exact) mass is 518 g/mol. The Balaban J connectivity index is 1.60. The van der Waals surface area contributed by atoms with Crippen LogP contribution >= 0.6 is 11.6 Å². The van der Waals surface area contributed by atoms with E-state index in [9.17, 15) is 9.59 Å². The first kappa shape index (κ1) is 25.8. The number of amides is 2. The van der Waals surface area contributed by atoms with Crippen LogP contribution in [0, 0.1) is 0 Å². The van der Waals surface area contributed by atoms with Gasteiger partial charge in [-0.1, -0.05) is 18.0 Å². The Morgan fingerprint density at radius 2 is 2.08 bits per heavy atom. The molecule has 0 fully saturated rings. The van der Waals surface area contributed by atoms with Gasteiger partial charge in [0.15, 0.2) is 0 Å². The molecule has 1 atom stereocenters. The zero-order chi connectivity index (χ0) is 26.2. The Hall–Kier alpha value is -4.28. The van der Waals surface area contributed by atoms with Crippen molar-refractivity contribution in [3.63, 3.8) is 0 Å². The molecule has 2 bridgehead atoms. The second kappa shape index (κ2) is 12.1. The van der Waals surface area contributed by atoms with E-state index in [0.717, 1.165) is 23.2 Å². The fraction of sp³-hybridized carbons (Fsp3) is 0.192. The zero-order valence-electron chi connectivity index (χ0n) is 20.0. The van der Waals surface area contributed by atoms with Crippen LogP contribution in [0.2, 0.25) is 5.02 Å². The molecule has 3 heterocycles. The minimum atomic E-state index is -0.348. The topological polar surface area (TPSA) is 152 Å². The summed E-state index contributed by atoms with van der Waals surface area (Å²) in [6, 6.07) is 10.3. The Kier molecular flexibility index (Phi) is 8.44. The summed E-state index contributed by atoms with van der Waals surface area (Å²) in [6.07, 6.45) is 11.7. The van der Waals surface area contributed by atoms with Gasteiger partial charge in [-0.15, -0.1) is 0 Å². The van der Waals surface area contributed by atoms with Crippen LogP contribution in [0.1, 0.15) is 43.0 Å². The van der Waals surface area contributed by atoms with E-state index in [1.165, 1.54) is 17.4 Å². The van der Waals surface area contributed by atoms with Crippen LogP contribution in [0.3, 0.4) is 0 Å². The number of nitrogens with one attached hydrogen (secondary N) is 2. The van der Waals surface area contributed by atoms with Crippen molar-refractivity contribution in [1.82, 2.24) is 15.3 Å². The highest BCUT2D eigenvalue weighted by Gasteiger charge is 2.18. The number of hydrazine groups is 1. The van der Waals surface area contributed by atoms with Crippen molar-refractivity contribution in [2.75, 3.05) is 10.3 Å². The third-order valence-corrected chi connectivity index (χ3v) is 6.12. The number of nitrogens with zero attached hydrogens (tertiary/aromatic N) is 4. The van der Waals surface area contributed by atoms with Crippen LogP contribution < -0.4 is 27.3 Å². The fourth-order valence-corrected chi connectivity index (χ4v) is 4.29. The number of fused-ring (bicyclic) bond motifs is 4. The zero-order valence-corrected chi connectivity index (χ0v) is 20.7. The number of hydrazone groups is 1. The summed E-state index contributed by atoms with van der Waals surface area (Å²) in [4.78, 5) is 34.1. The molecule has 6 N–H and O–H groups in total. The number of nitrogens with two attached hydrogens (primary N) is 2. The highest BCUT2D eigenvalue weighted by atomic mass is 35.5. The highest BCUT2D eigenvalue weighted by molar-refractivity contribution is 6.30. The number of pyridine rings is 2. The van der Waals surface area contributed by atoms with Crippen molar-refractivity contribution < 1.29 is 9.59 Å². The molecule has 0 aliphatic carbocycles. The Morgan fingerprint density at radius 1 is 1.22 bits per heavy atom. The van der Waals surface area contributed by atoms with Crippen molar-refractivity contribution in [2.24, 2.45) is 16.8 Å². The normalized spacial score (nSPS) is 15.9. The first-order valence-corrected chi connectivity index (χ1v) is 12.1. The van der Waals surface area contributed by atoms with E-state index in [1.807, 2.05) is 18.2 Å². The molecule has 2 amide bonds. The molecule has 1 aliphatic heterocycles. The predicted octanol–water partition coefficient (Wildman–Crippen LogP) is 3.76. The van der Waals surface area contributed by atoms with E-state index < -0.39 is 0 Å². The average molecular weight is 519 g/mol. The van der Waals surface area contributed by atoms with Gasteiger partial charge in [-0.05, 0) is 60.9 Å². The molecule has 10 nitrogen and oxygen atoms in total. The number of hydrogen-bond acceptors (Lipinski definition) is 7. The van der Waals surface area contributed by atoms with E-state index in [2.05, 4.69) is 25.7 Å². The summed E-state index contributed by atoms with van der Waals surface area (Å²) < 4.78 is 0. The van der Waals surface area contributed by atoms with Crippen LogP contribution in [0.15, 0.2) is 66.2 Å². The third-order valence-electron chi connectivity index (χ3n) is 5.88. The molecule has 0 saturated heterocycles. The first-order valence-electron chi connectivity index (χ1n) is 11.7. The van der Waals surface area contributed by atoms with Crippen LogP contribution in [-0.4, -0.2) is 28.1 Å². The number of benzene rings is 1. The van der Waals surface area contributed by atoms with E-state index in [-0.39, 0.29) is 17.9 Å². The predicted molar refractivity (Wildman–Crippen MR) is 145 cm³/mol. The van der Waals surface area contributed by atoms with Gasteiger partial charge in [0.1, 0.15) is 6.34 Å². The second-order valence-electron chi connectivity index (χ2n) is 8.45. The van der Waals surface area contributed by atoms with Gasteiger partial charge in [0.25, 0.3) is 0 Å². The van der Waals surface area contributed by atoms with Gasteiger partial charge < -0.3 is 16.5 Å². The molecule has 4 rings (SSSR count). The SMILES string of the molecule is N/N=C\N(N)c1ccc(Cl)cc1/C=C/C(=O)N[C@H]1CCCCC(=O)Nc2cnccc2-c2ccnc1c2. The Bertz CT molecular complexity index is 1340. The van der Waals surface area contributed by atoms with Gasteiger partial charge in [0.2, 0.25) is 11.8 Å². The molecule has 0 unspecified atom stereocenters. The molecule has 2 aromatic heterocycles. The fourth-order valence-electron chi connectivity index (χ4n) is 4.11. The molecular formula is C26H27ClN8O2. The lowest BCUT2D eigenvalue weighted by Crippen LogP contribution is -2.30. The Morgan fingerprint density at radius 3 is 2.92 bits per heavy atom. The molecule has 190 valence electrons. The van der Waals surface area contributed by atoms with Crippen molar-refractivity contribution >= 4 is 47.2 Å². The lowest BCUT2D eigenvalue weighted by Gasteiger charge is -2.20. The smallest absolute Gasteiger partial charge is 0.244 e. The number of rotatable bonds is 5. The van der Waals surface area contributed by atoms with Gasteiger partial charge in [-0.3, -0.25) is 24.6 Å². The molecular weight excluding hydrogens is 492 g/mol. The van der Waals surface area contributed by atoms with E-state index in [1.54, 1.807) is 42.9 Å². The van der Waals surface area contributed by atoms with Crippen LogP contribution in [-0.2, 0) is 9.59 Å². The molecule has 11 heteroatoms. The van der Waals surface area contributed by atoms with Gasteiger partial charge in [-0.2, -0.15) is 5.10 Å². The maximum Gasteiger partial charge on any atom is 0.244 e.